The van der Waals surface area contributed by atoms with Gasteiger partial charge in [-0.1, -0.05) is 136 Å². The molecular weight excluding hydrogens is 1930 g/mol. The lowest BCUT2D eigenvalue weighted by atomic mass is 9.92. The number of aromatic carboxylic acids is 1. The van der Waals surface area contributed by atoms with Crippen molar-refractivity contribution < 1.29 is 125 Å². The van der Waals surface area contributed by atoms with Crippen molar-refractivity contribution in [3.8, 4) is 23.0 Å². The zero-order valence-corrected chi connectivity index (χ0v) is 72.3. The number of hydrogen-bond acceptors (Lipinski definition) is 16. The number of amides is 7. The van der Waals surface area contributed by atoms with E-state index in [1.54, 1.807) is 54.6 Å². The van der Waals surface area contributed by atoms with Gasteiger partial charge < -0.3 is 78.6 Å². The number of carboxylic acid groups (broad SMARTS) is 1. The Hall–Kier alpha value is -13.3. The number of benzene rings is 5. The number of pyridine rings is 4. The predicted octanol–water partition coefficient (Wildman–Crippen LogP) is 14.2. The molecule has 736 valence electrons. The van der Waals surface area contributed by atoms with Crippen LogP contribution < -0.4 is 47.1 Å². The highest BCUT2D eigenvalue weighted by Crippen LogP contribution is 2.58. The molecular formula is C94H84Cl3F14N11O17. The van der Waals surface area contributed by atoms with Crippen molar-refractivity contribution >= 4 is 82.1 Å². The number of carbonyl (C=O) groups excluding carboxylic acids is 7. The van der Waals surface area contributed by atoms with E-state index >= 15 is 0 Å². The average molecular weight is 2010 g/mol. The number of halogens is 17. The number of nitrogens with zero attached hydrogens (tertiary/aromatic N) is 8. The normalized spacial score (nSPS) is 23.6. The number of carboxylic acids is 1. The van der Waals surface area contributed by atoms with Crippen molar-refractivity contribution in [2.45, 2.75) is 205 Å². The highest BCUT2D eigenvalue weighted by Gasteiger charge is 2.68. The van der Waals surface area contributed by atoms with Crippen LogP contribution in [0.25, 0.3) is 0 Å². The molecule has 4 saturated carbocycles. The van der Waals surface area contributed by atoms with Crippen LogP contribution in [-0.2, 0) is 59.0 Å². The summed E-state index contributed by atoms with van der Waals surface area (Å²) in [4.78, 5) is 160. The third kappa shape index (κ3) is 17.2. The second kappa shape index (κ2) is 37.2. The zero-order valence-electron chi connectivity index (χ0n) is 70.1. The second-order valence-corrected chi connectivity index (χ2v) is 36.3. The van der Waals surface area contributed by atoms with E-state index in [0.29, 0.717) is 5.56 Å². The molecule has 0 radical (unpaired) electrons. The number of carbonyl (C=O) groups is 8. The molecule has 7 amide bonds. The topological polar surface area (TPSA) is 353 Å². The molecule has 139 heavy (non-hydrogen) atoms. The Morgan fingerprint density at radius 3 is 0.899 bits per heavy atom. The van der Waals surface area contributed by atoms with Crippen molar-refractivity contribution in [1.82, 2.24) is 53.8 Å². The number of rotatable bonds is 16. The summed E-state index contributed by atoms with van der Waals surface area (Å²) in [5, 5.41) is 35.0. The van der Waals surface area contributed by atoms with Crippen molar-refractivity contribution in [1.29, 1.82) is 0 Å². The number of aromatic nitrogens is 4. The van der Waals surface area contributed by atoms with E-state index in [4.69, 9.17) is 44.3 Å². The smallest absolute Gasteiger partial charge is 0.341 e. The number of piperidine rings is 4. The van der Waals surface area contributed by atoms with Crippen LogP contribution in [-0.4, -0.2) is 173 Å². The highest BCUT2D eigenvalue weighted by molar-refractivity contribution is 6.31. The first-order valence-electron chi connectivity index (χ1n) is 42.4. The van der Waals surface area contributed by atoms with Crippen molar-refractivity contribution in [2.24, 2.45) is 23.7 Å². The summed E-state index contributed by atoms with van der Waals surface area (Å²) in [7, 11) is 0. The van der Waals surface area contributed by atoms with Crippen LogP contribution in [0, 0.1) is 58.6 Å². The molecule has 4 saturated heterocycles. The molecule has 5 aromatic carbocycles. The number of hydrogen-bond donors (Lipinski definition) is 6. The Labute approximate surface area is 793 Å². The summed E-state index contributed by atoms with van der Waals surface area (Å²) in [6.45, 7) is -1.72. The van der Waals surface area contributed by atoms with E-state index in [2.05, 4.69) is 16.0 Å². The fourth-order valence-corrected chi connectivity index (χ4v) is 21.8. The van der Waals surface area contributed by atoms with E-state index in [1.165, 1.54) is 28.7 Å². The fraction of sp³-hybridized carbons (Fsp3) is 0.383. The summed E-state index contributed by atoms with van der Waals surface area (Å²) < 4.78 is 214. The molecule has 4 aromatic heterocycles. The molecule has 21 rings (SSSR count). The van der Waals surface area contributed by atoms with Gasteiger partial charge in [0.15, 0.2) is 45.8 Å². The largest absolute Gasteiger partial charge is 0.503 e. The van der Waals surface area contributed by atoms with Gasteiger partial charge in [-0.25, -0.2) is 66.3 Å². The molecule has 6 N–H and O–H groups in total. The van der Waals surface area contributed by atoms with Gasteiger partial charge in [-0.2, -0.15) is 0 Å². The van der Waals surface area contributed by atoms with Gasteiger partial charge in [0.1, 0.15) is 85.4 Å². The van der Waals surface area contributed by atoms with Crippen LogP contribution in [0.3, 0.4) is 0 Å². The molecule has 28 nitrogen and oxygen atoms in total. The van der Waals surface area contributed by atoms with Crippen molar-refractivity contribution in [3.63, 3.8) is 0 Å². The van der Waals surface area contributed by atoms with Gasteiger partial charge in [0.2, 0.25) is 21.7 Å². The minimum Gasteiger partial charge on any atom is -0.503 e. The number of nitrogens with one attached hydrogen (secondary N) is 3. The number of ether oxygens (including phenoxy) is 2. The van der Waals surface area contributed by atoms with Crippen molar-refractivity contribution in [2.75, 3.05) is 0 Å². The van der Waals surface area contributed by atoms with Crippen molar-refractivity contribution in [3.05, 3.63) is 286 Å². The molecule has 45 heteroatoms. The van der Waals surface area contributed by atoms with Gasteiger partial charge in [-0.05, 0) is 55.0 Å². The lowest BCUT2D eigenvalue weighted by molar-refractivity contribution is -0.0895. The molecule has 8 aliphatic heterocycles. The summed E-state index contributed by atoms with van der Waals surface area (Å²) in [6.07, 6.45) is 3.13. The second-order valence-electron chi connectivity index (χ2n) is 35.2. The van der Waals surface area contributed by atoms with Gasteiger partial charge in [0, 0.05) is 161 Å². The summed E-state index contributed by atoms with van der Waals surface area (Å²) >= 11 is 16.6. The summed E-state index contributed by atoms with van der Waals surface area (Å²) in [6, 6.07) is 18.0. The molecule has 8 bridgehead atoms. The Bertz CT molecular complexity index is 6680. The Kier molecular flexibility index (Phi) is 26.8. The Morgan fingerprint density at radius 2 is 0.619 bits per heavy atom. The first-order valence-corrected chi connectivity index (χ1v) is 43.6. The van der Waals surface area contributed by atoms with E-state index in [1.807, 2.05) is 6.07 Å². The minimum atomic E-state index is -2.93. The molecule has 12 aliphatic rings. The first kappa shape index (κ1) is 100. The van der Waals surface area contributed by atoms with Crippen LogP contribution in [0.1, 0.15) is 185 Å². The summed E-state index contributed by atoms with van der Waals surface area (Å²) in [5.74, 6) is -31.5. The number of aromatic hydroxyl groups is 2. The van der Waals surface area contributed by atoms with Crippen LogP contribution in [0.15, 0.2) is 141 Å². The fourth-order valence-electron chi connectivity index (χ4n) is 21.3. The van der Waals surface area contributed by atoms with Gasteiger partial charge in [-0.3, -0.25) is 52.7 Å². The van der Waals surface area contributed by atoms with E-state index in [0.717, 1.165) is 75.9 Å². The van der Waals surface area contributed by atoms with Gasteiger partial charge in [0.25, 0.3) is 65.0 Å². The zero-order chi connectivity index (χ0) is 97.2. The standard InChI is InChI=1S/C28H22ClF4N3O4.2C21H16ClF4N3O4.C21H18F2N2O5.3CH4/c29-21-19(30)7-6-15(22(21)31)10-34-26(38)17-11-35-12-20-18-8-16(9-28(18,32)33)36(20)27(39)23(35)25(24(17)37)40-13-14-4-2-1-3-5-14;2*22-14-12(23)2-1-8(15(14)24)5-27-19(32)10-6-28-7-13-11-3-9(4-21(11,25)26)29(13)20(33)16(28)18(31)17(10)30;22-21(23)7-12-6-14(21)15-9-24-8-13(20(28)29)17(26)18(16(24)19(27)25(12)15)30-10-11-4-2-1-3-5-11;;;/h1-7,11,16,18,20H,8-10,12-13H2,(H,34,38);2*1-2,6,9,11,13,31H,3-5,7H2,(H,27,32);1-5,8,12,14-15H,6-7,9-10H2,(H,28,29);3*1H4/t16-,18?,20+;2*9-,11?,13+;12-,14?,15+;;;/m1111.../s1. The monoisotopic (exact) mass is 2010 g/mol. The SMILES string of the molecule is C.C.C.O=C(NCc1ccc(F)c(Cl)c1F)c1cn2c(c(O)c1=O)C(=O)N1[C@@H]3CC([C@@H]1C2)C(F)(F)C3.O=C(NCc1ccc(F)c(Cl)c1F)c1cn2c(c(O)c1=O)C(=O)N1[C@@H]3CC([C@@H]1C2)C(F)(F)C3.O=C(NCc1ccc(F)c(Cl)c1F)c1cn2c(c(OCc3ccccc3)c1=O)C(=O)N1[C@@H]3CC([C@@H]1C2)C(F)(F)C3.O=C(O)c1cn2c(c(OCc3ccccc3)c1=O)C(=O)N1[C@@H]3CC([C@@H]1C2)C(F)(F)C3. The maximum Gasteiger partial charge on any atom is 0.341 e. The lowest BCUT2D eigenvalue weighted by Crippen LogP contribution is -2.56. The van der Waals surface area contributed by atoms with Crippen LogP contribution in [0.2, 0.25) is 15.1 Å². The Morgan fingerprint density at radius 1 is 0.367 bits per heavy atom. The quantitative estimate of drug-likeness (QED) is 0.0386. The maximum absolute atomic E-state index is 14.6. The van der Waals surface area contributed by atoms with E-state index in [-0.39, 0.29) is 138 Å². The van der Waals surface area contributed by atoms with E-state index in [9.17, 15) is 134 Å². The summed E-state index contributed by atoms with van der Waals surface area (Å²) in [5.41, 5.74) is -6.00. The first-order chi connectivity index (χ1) is 64.4. The average Bonchev–Trinajstić information content (AvgIpc) is 1.53. The molecule has 8 fully saturated rings. The minimum absolute atomic E-state index is 0. The van der Waals surface area contributed by atoms with Crippen LogP contribution >= 0.6 is 34.8 Å². The van der Waals surface area contributed by atoms with Crippen LogP contribution in [0.5, 0.6) is 23.0 Å². The molecule has 9 aromatic rings. The Balaban J connectivity index is 0.000000140. The lowest BCUT2D eigenvalue weighted by Gasteiger charge is -2.43. The molecule has 12 atom stereocenters. The van der Waals surface area contributed by atoms with Crippen LogP contribution in [0.4, 0.5) is 61.5 Å². The third-order valence-electron chi connectivity index (χ3n) is 27.5. The predicted molar refractivity (Wildman–Crippen MR) is 468 cm³/mol. The van der Waals surface area contributed by atoms with Gasteiger partial charge >= 0.3 is 5.97 Å². The van der Waals surface area contributed by atoms with Gasteiger partial charge in [0.05, 0.1) is 24.2 Å². The number of alkyl halides is 8. The number of fused-ring (bicyclic) bond motifs is 24. The third-order valence-corrected chi connectivity index (χ3v) is 28.6. The maximum atomic E-state index is 14.6. The highest BCUT2D eigenvalue weighted by atomic mass is 35.5. The van der Waals surface area contributed by atoms with E-state index < -0.39 is 294 Å². The van der Waals surface area contributed by atoms with Gasteiger partial charge in [-0.15, -0.1) is 0 Å². The molecule has 12 heterocycles. The molecule has 4 unspecified atom stereocenters. The molecule has 0 spiro atoms. The molecule has 4 aliphatic carbocycles.